The third kappa shape index (κ3) is 4.35. The van der Waals surface area contributed by atoms with E-state index >= 15 is 0 Å². The molecule has 24 heavy (non-hydrogen) atoms. The van der Waals surface area contributed by atoms with Gasteiger partial charge in [-0.2, -0.15) is 0 Å². The lowest BCUT2D eigenvalue weighted by atomic mass is 10.2. The molecule has 1 fully saturated rings. The van der Waals surface area contributed by atoms with Crippen molar-refractivity contribution in [1.29, 1.82) is 0 Å². The fourth-order valence-corrected chi connectivity index (χ4v) is 2.34. The van der Waals surface area contributed by atoms with Gasteiger partial charge in [0.25, 0.3) is 0 Å². The Balaban J connectivity index is 1.90. The molecule has 0 bridgehead atoms. The van der Waals surface area contributed by atoms with E-state index in [2.05, 4.69) is 10.6 Å². The molecule has 130 valence electrons. The van der Waals surface area contributed by atoms with E-state index in [1.165, 1.54) is 7.11 Å². The second kappa shape index (κ2) is 7.18. The number of rotatable bonds is 8. The van der Waals surface area contributed by atoms with Gasteiger partial charge in [0.2, 0.25) is 0 Å². The minimum Gasteiger partial charge on any atom is -0.497 e. The second-order valence-corrected chi connectivity index (χ2v) is 5.43. The summed E-state index contributed by atoms with van der Waals surface area (Å²) >= 11 is 0. The van der Waals surface area contributed by atoms with Crippen LogP contribution in [0.1, 0.15) is 6.42 Å². The van der Waals surface area contributed by atoms with E-state index < -0.39 is 36.0 Å². The van der Waals surface area contributed by atoms with Gasteiger partial charge < -0.3 is 19.7 Å². The maximum Gasteiger partial charge on any atom is 0.411 e. The Labute approximate surface area is 137 Å². The van der Waals surface area contributed by atoms with Crippen LogP contribution >= 0.6 is 0 Å². The number of carboxylic acid groups (broad SMARTS) is 2. The molecule has 0 saturated heterocycles. The van der Waals surface area contributed by atoms with Crippen LogP contribution in [0.5, 0.6) is 5.75 Å². The molecule has 0 radical (unpaired) electrons. The van der Waals surface area contributed by atoms with Crippen LogP contribution in [-0.4, -0.2) is 54.0 Å². The number of methoxy groups -OCH3 is 1. The molecule has 2 unspecified atom stereocenters. The van der Waals surface area contributed by atoms with Crippen molar-refractivity contribution < 1.29 is 34.1 Å². The molecule has 1 aliphatic rings. The Kier molecular flexibility index (Phi) is 5.24. The number of amides is 1. The largest absolute Gasteiger partial charge is 0.497 e. The van der Waals surface area contributed by atoms with Gasteiger partial charge in [-0.05, 0) is 18.6 Å². The van der Waals surface area contributed by atoms with Crippen molar-refractivity contribution in [1.82, 2.24) is 5.32 Å². The van der Waals surface area contributed by atoms with Gasteiger partial charge in [0, 0.05) is 11.8 Å². The van der Waals surface area contributed by atoms with Crippen LogP contribution in [0.4, 0.5) is 10.5 Å². The number of anilines is 1. The predicted molar refractivity (Wildman–Crippen MR) is 82.1 cm³/mol. The van der Waals surface area contributed by atoms with Crippen molar-refractivity contribution >= 4 is 23.7 Å². The van der Waals surface area contributed by atoms with Crippen LogP contribution in [0.2, 0.25) is 0 Å². The van der Waals surface area contributed by atoms with Crippen LogP contribution in [0, 0.1) is 5.92 Å². The molecule has 0 spiro atoms. The summed E-state index contributed by atoms with van der Waals surface area (Å²) in [5.74, 6) is -2.42. The third-order valence-electron chi connectivity index (χ3n) is 3.74. The highest BCUT2D eigenvalue weighted by Crippen LogP contribution is 2.43. The van der Waals surface area contributed by atoms with Crippen LogP contribution in [0.25, 0.3) is 0 Å². The Hall–Kier alpha value is -2.81. The number of carboxylic acids is 2. The Morgan fingerprint density at radius 2 is 2.08 bits per heavy atom. The first-order chi connectivity index (χ1) is 11.4. The third-order valence-corrected chi connectivity index (χ3v) is 3.74. The fourth-order valence-electron chi connectivity index (χ4n) is 2.34. The Morgan fingerprint density at radius 3 is 2.67 bits per heavy atom. The molecule has 2 atom stereocenters. The zero-order valence-electron chi connectivity index (χ0n) is 12.9. The van der Waals surface area contributed by atoms with E-state index in [4.69, 9.17) is 19.7 Å². The maximum atomic E-state index is 11.8. The molecule has 2 rings (SSSR count). The van der Waals surface area contributed by atoms with Gasteiger partial charge in [0.05, 0.1) is 25.1 Å². The molecule has 9 heteroatoms. The van der Waals surface area contributed by atoms with E-state index in [1.54, 1.807) is 24.3 Å². The summed E-state index contributed by atoms with van der Waals surface area (Å²) in [6.07, 6.45) is -0.571. The maximum absolute atomic E-state index is 11.8. The summed E-state index contributed by atoms with van der Waals surface area (Å²) in [6.45, 7) is -0.655. The van der Waals surface area contributed by atoms with E-state index in [0.29, 0.717) is 11.4 Å². The highest BCUT2D eigenvalue weighted by atomic mass is 16.6. The molecule has 4 N–H and O–H groups in total. The minimum absolute atomic E-state index is 0.196. The number of hydrogen-bond acceptors (Lipinski definition) is 6. The van der Waals surface area contributed by atoms with Crippen molar-refractivity contribution in [2.75, 3.05) is 25.6 Å². The first kappa shape index (κ1) is 17.5. The van der Waals surface area contributed by atoms with Crippen molar-refractivity contribution in [3.63, 3.8) is 0 Å². The predicted octanol–water partition coefficient (Wildman–Crippen LogP) is 0.761. The van der Waals surface area contributed by atoms with E-state index in [1.807, 2.05) is 0 Å². The van der Waals surface area contributed by atoms with Crippen LogP contribution < -0.4 is 15.4 Å². The summed E-state index contributed by atoms with van der Waals surface area (Å²) < 4.78 is 10.1. The Bertz CT molecular complexity index is 648. The quantitative estimate of drug-likeness (QED) is 0.546. The summed E-state index contributed by atoms with van der Waals surface area (Å²) in [6, 6.07) is 6.63. The molecular formula is C15H18N2O7. The molecule has 1 amide bonds. The van der Waals surface area contributed by atoms with Crippen molar-refractivity contribution in [2.45, 2.75) is 12.0 Å². The molecule has 1 aromatic rings. The molecule has 1 aliphatic carbocycles. The average molecular weight is 338 g/mol. The fraction of sp³-hybridized carbons (Fsp3) is 0.400. The van der Waals surface area contributed by atoms with E-state index in [0.717, 1.165) is 0 Å². The number of carbonyl (C=O) groups is 3. The van der Waals surface area contributed by atoms with Gasteiger partial charge in [-0.15, -0.1) is 0 Å². The molecule has 0 aliphatic heterocycles. The number of hydrogen-bond donors (Lipinski definition) is 4. The SMILES string of the molecule is COc1cccc(NC(=O)OCC2(NCC(=O)O)CC2C(=O)O)c1. The monoisotopic (exact) mass is 338 g/mol. The first-order valence-electron chi connectivity index (χ1n) is 7.14. The lowest BCUT2D eigenvalue weighted by Gasteiger charge is -2.17. The Morgan fingerprint density at radius 1 is 1.33 bits per heavy atom. The summed E-state index contributed by atoms with van der Waals surface area (Å²) in [7, 11) is 1.49. The van der Waals surface area contributed by atoms with E-state index in [-0.39, 0.29) is 13.0 Å². The zero-order chi connectivity index (χ0) is 17.7. The zero-order valence-corrected chi connectivity index (χ0v) is 12.9. The highest BCUT2D eigenvalue weighted by molar-refractivity contribution is 5.85. The van der Waals surface area contributed by atoms with Crippen molar-refractivity contribution in [2.24, 2.45) is 5.92 Å². The normalized spacial score (nSPS) is 21.6. The van der Waals surface area contributed by atoms with Crippen molar-refractivity contribution in [3.8, 4) is 5.75 Å². The van der Waals surface area contributed by atoms with Crippen LogP contribution in [-0.2, 0) is 14.3 Å². The molecule has 1 saturated carbocycles. The van der Waals surface area contributed by atoms with Crippen LogP contribution in [0.15, 0.2) is 24.3 Å². The molecular weight excluding hydrogens is 320 g/mol. The van der Waals surface area contributed by atoms with Gasteiger partial charge in [-0.3, -0.25) is 20.2 Å². The second-order valence-electron chi connectivity index (χ2n) is 5.43. The smallest absolute Gasteiger partial charge is 0.411 e. The van der Waals surface area contributed by atoms with Crippen molar-refractivity contribution in [3.05, 3.63) is 24.3 Å². The molecule has 0 aromatic heterocycles. The molecule has 1 aromatic carbocycles. The van der Waals surface area contributed by atoms with Crippen LogP contribution in [0.3, 0.4) is 0 Å². The topological polar surface area (TPSA) is 134 Å². The van der Waals surface area contributed by atoms with Gasteiger partial charge >= 0.3 is 18.0 Å². The van der Waals surface area contributed by atoms with Gasteiger partial charge in [0.15, 0.2) is 0 Å². The van der Waals surface area contributed by atoms with Gasteiger partial charge in [0.1, 0.15) is 12.4 Å². The number of nitrogens with one attached hydrogen (secondary N) is 2. The van der Waals surface area contributed by atoms with Gasteiger partial charge in [-0.1, -0.05) is 6.07 Å². The summed E-state index contributed by atoms with van der Waals surface area (Å²) in [4.78, 5) is 33.6. The first-order valence-corrected chi connectivity index (χ1v) is 7.14. The average Bonchev–Trinajstić information content (AvgIpc) is 3.27. The number of ether oxygens (including phenoxy) is 2. The molecule has 9 nitrogen and oxygen atoms in total. The van der Waals surface area contributed by atoms with Gasteiger partial charge in [-0.25, -0.2) is 4.79 Å². The summed E-state index contributed by atoms with van der Waals surface area (Å²) in [5, 5.41) is 22.9. The standard InChI is InChI=1S/C15H18N2O7/c1-23-10-4-2-3-9(5-10)17-14(22)24-8-15(16-7-12(18)19)6-11(15)13(20)21/h2-5,11,16H,6-8H2,1H3,(H,17,22)(H,18,19)(H,20,21). The highest BCUT2D eigenvalue weighted by Gasteiger charge is 2.59. The summed E-state index contributed by atoms with van der Waals surface area (Å²) in [5.41, 5.74) is -0.590. The number of aliphatic carboxylic acids is 2. The van der Waals surface area contributed by atoms with E-state index in [9.17, 15) is 14.4 Å². The minimum atomic E-state index is -1.12. The lowest BCUT2D eigenvalue weighted by molar-refractivity contribution is -0.140. The number of benzene rings is 1. The number of carbonyl (C=O) groups excluding carboxylic acids is 1. The lowest BCUT2D eigenvalue weighted by Crippen LogP contribution is -2.43. The molecule has 0 heterocycles.